The normalized spacial score (nSPS) is 10.5. The van der Waals surface area contributed by atoms with Gasteiger partial charge in [0.1, 0.15) is 11.5 Å². The van der Waals surface area contributed by atoms with Crippen LogP contribution < -0.4 is 15.4 Å². The SMILES string of the molecule is CCNC(=O)COc1cc(C(=O)NCCc2ccccc2)c(O)c2ccccc12. The van der Waals surface area contributed by atoms with Crippen LogP contribution in [0.3, 0.4) is 0 Å². The van der Waals surface area contributed by atoms with E-state index < -0.39 is 5.91 Å². The van der Waals surface area contributed by atoms with Gasteiger partial charge in [0.15, 0.2) is 6.61 Å². The highest BCUT2D eigenvalue weighted by Gasteiger charge is 2.18. The zero-order chi connectivity index (χ0) is 20.6. The van der Waals surface area contributed by atoms with Crippen LogP contribution in [0.15, 0.2) is 60.7 Å². The number of ether oxygens (including phenoxy) is 1. The molecular formula is C23H24N2O4. The molecule has 0 atom stereocenters. The van der Waals surface area contributed by atoms with Crippen molar-refractivity contribution >= 4 is 22.6 Å². The zero-order valence-electron chi connectivity index (χ0n) is 16.3. The topological polar surface area (TPSA) is 87.7 Å². The number of carbonyl (C=O) groups is 2. The molecule has 0 fully saturated rings. The van der Waals surface area contributed by atoms with E-state index >= 15 is 0 Å². The van der Waals surface area contributed by atoms with Gasteiger partial charge in [-0.25, -0.2) is 0 Å². The van der Waals surface area contributed by atoms with Gasteiger partial charge in [-0.05, 0) is 25.0 Å². The molecule has 0 bridgehead atoms. The molecule has 150 valence electrons. The van der Waals surface area contributed by atoms with Crippen molar-refractivity contribution in [2.45, 2.75) is 13.3 Å². The van der Waals surface area contributed by atoms with Crippen molar-refractivity contribution in [1.82, 2.24) is 10.6 Å². The number of nitrogens with one attached hydrogen (secondary N) is 2. The summed E-state index contributed by atoms with van der Waals surface area (Å²) in [6, 6.07) is 18.4. The number of likely N-dealkylation sites (N-methyl/N-ethyl adjacent to an activating group) is 1. The monoisotopic (exact) mass is 392 g/mol. The fraction of sp³-hybridized carbons (Fsp3) is 0.217. The second-order valence-corrected chi connectivity index (χ2v) is 6.55. The highest BCUT2D eigenvalue weighted by molar-refractivity contribution is 6.05. The van der Waals surface area contributed by atoms with Crippen LogP contribution in [0.1, 0.15) is 22.8 Å². The minimum atomic E-state index is -0.396. The van der Waals surface area contributed by atoms with Crippen molar-refractivity contribution in [2.24, 2.45) is 0 Å². The maximum Gasteiger partial charge on any atom is 0.257 e. The van der Waals surface area contributed by atoms with Gasteiger partial charge in [0.2, 0.25) is 0 Å². The van der Waals surface area contributed by atoms with Crippen LogP contribution in [0.5, 0.6) is 11.5 Å². The largest absolute Gasteiger partial charge is 0.506 e. The van der Waals surface area contributed by atoms with E-state index in [4.69, 9.17) is 4.74 Å². The standard InChI is InChI=1S/C23H24N2O4/c1-2-24-21(26)15-29-20-14-19(22(27)18-11-7-6-10-17(18)20)23(28)25-13-12-16-8-4-3-5-9-16/h3-11,14,27H,2,12-13,15H2,1H3,(H,24,26)(H,25,28). The lowest BCUT2D eigenvalue weighted by Gasteiger charge is -2.14. The number of hydrogen-bond acceptors (Lipinski definition) is 4. The quantitative estimate of drug-likeness (QED) is 0.550. The first kappa shape index (κ1) is 20.2. The summed E-state index contributed by atoms with van der Waals surface area (Å²) in [6.45, 7) is 2.60. The highest BCUT2D eigenvalue weighted by Crippen LogP contribution is 2.36. The average molecular weight is 392 g/mol. The maximum absolute atomic E-state index is 12.7. The average Bonchev–Trinajstić information content (AvgIpc) is 2.74. The molecule has 0 aromatic heterocycles. The molecule has 6 heteroatoms. The Morgan fingerprint density at radius 3 is 2.38 bits per heavy atom. The molecule has 0 aliphatic rings. The van der Waals surface area contributed by atoms with Gasteiger partial charge in [-0.1, -0.05) is 54.6 Å². The Bertz CT molecular complexity index is 1000. The van der Waals surface area contributed by atoms with Gasteiger partial charge in [-0.2, -0.15) is 0 Å². The lowest BCUT2D eigenvalue weighted by atomic mass is 10.0. The van der Waals surface area contributed by atoms with Gasteiger partial charge in [-0.3, -0.25) is 9.59 Å². The summed E-state index contributed by atoms with van der Waals surface area (Å²) in [5.74, 6) is -0.383. The molecule has 3 N–H and O–H groups in total. The lowest BCUT2D eigenvalue weighted by Crippen LogP contribution is -2.28. The van der Waals surface area contributed by atoms with Crippen LogP contribution in [0.2, 0.25) is 0 Å². The third kappa shape index (κ3) is 5.04. The summed E-state index contributed by atoms with van der Waals surface area (Å²) in [7, 11) is 0. The summed E-state index contributed by atoms with van der Waals surface area (Å²) in [4.78, 5) is 24.4. The third-order valence-corrected chi connectivity index (χ3v) is 4.50. The first-order chi connectivity index (χ1) is 14.1. The van der Waals surface area contributed by atoms with Crippen LogP contribution in [0.4, 0.5) is 0 Å². The van der Waals surface area contributed by atoms with Gasteiger partial charge in [0.25, 0.3) is 11.8 Å². The number of phenols is 1. The van der Waals surface area contributed by atoms with Crippen molar-refractivity contribution in [2.75, 3.05) is 19.7 Å². The number of carbonyl (C=O) groups excluding carboxylic acids is 2. The Hall–Kier alpha value is -3.54. The molecule has 0 aliphatic heterocycles. The van der Waals surface area contributed by atoms with E-state index in [9.17, 15) is 14.7 Å². The Labute approximate surface area is 169 Å². The van der Waals surface area contributed by atoms with E-state index in [1.54, 1.807) is 24.3 Å². The number of benzene rings is 3. The molecule has 0 heterocycles. The highest BCUT2D eigenvalue weighted by atomic mass is 16.5. The Morgan fingerprint density at radius 2 is 1.66 bits per heavy atom. The van der Waals surface area contributed by atoms with E-state index in [2.05, 4.69) is 10.6 Å². The summed E-state index contributed by atoms with van der Waals surface area (Å²) in [5, 5.41) is 17.3. The van der Waals surface area contributed by atoms with Gasteiger partial charge in [-0.15, -0.1) is 0 Å². The van der Waals surface area contributed by atoms with Gasteiger partial charge in [0, 0.05) is 23.9 Å². The molecular weight excluding hydrogens is 368 g/mol. The molecule has 2 amide bonds. The van der Waals surface area contributed by atoms with Gasteiger partial charge < -0.3 is 20.5 Å². The number of amides is 2. The smallest absolute Gasteiger partial charge is 0.257 e. The van der Waals surface area contributed by atoms with Crippen molar-refractivity contribution in [3.63, 3.8) is 0 Å². The van der Waals surface area contributed by atoms with Crippen molar-refractivity contribution < 1.29 is 19.4 Å². The number of fused-ring (bicyclic) bond motifs is 1. The van der Waals surface area contributed by atoms with Crippen molar-refractivity contribution in [1.29, 1.82) is 0 Å². The molecule has 3 aromatic rings. The van der Waals surface area contributed by atoms with Gasteiger partial charge >= 0.3 is 0 Å². The molecule has 29 heavy (non-hydrogen) atoms. The molecule has 3 rings (SSSR count). The van der Waals surface area contributed by atoms with Crippen LogP contribution in [-0.4, -0.2) is 36.6 Å². The van der Waals surface area contributed by atoms with E-state index in [0.717, 1.165) is 5.56 Å². The van der Waals surface area contributed by atoms with Gasteiger partial charge in [0.05, 0.1) is 5.56 Å². The van der Waals surface area contributed by atoms with Crippen LogP contribution in [0, 0.1) is 0 Å². The molecule has 0 spiro atoms. The molecule has 0 saturated carbocycles. The molecule has 6 nitrogen and oxygen atoms in total. The molecule has 3 aromatic carbocycles. The van der Waals surface area contributed by atoms with Crippen LogP contribution >= 0.6 is 0 Å². The number of phenolic OH excluding ortho intramolecular Hbond substituents is 1. The van der Waals surface area contributed by atoms with E-state index in [-0.39, 0.29) is 23.8 Å². The van der Waals surface area contributed by atoms with Crippen molar-refractivity contribution in [3.8, 4) is 11.5 Å². The molecule has 0 unspecified atom stereocenters. The second kappa shape index (κ2) is 9.59. The van der Waals surface area contributed by atoms with E-state index in [0.29, 0.717) is 36.0 Å². The summed E-state index contributed by atoms with van der Waals surface area (Å²) in [5.41, 5.74) is 1.23. The summed E-state index contributed by atoms with van der Waals surface area (Å²) >= 11 is 0. The predicted molar refractivity (Wildman–Crippen MR) is 112 cm³/mol. The minimum absolute atomic E-state index is 0.108. The Balaban J connectivity index is 1.80. The van der Waals surface area contributed by atoms with Crippen molar-refractivity contribution in [3.05, 3.63) is 71.8 Å². The first-order valence-corrected chi connectivity index (χ1v) is 9.56. The third-order valence-electron chi connectivity index (χ3n) is 4.50. The molecule has 0 radical (unpaired) electrons. The van der Waals surface area contributed by atoms with E-state index in [1.807, 2.05) is 37.3 Å². The number of hydrogen-bond donors (Lipinski definition) is 3. The number of rotatable bonds is 8. The van der Waals surface area contributed by atoms with E-state index in [1.165, 1.54) is 6.07 Å². The maximum atomic E-state index is 12.7. The van der Waals surface area contributed by atoms with Crippen LogP contribution in [0.25, 0.3) is 10.8 Å². The molecule has 0 aliphatic carbocycles. The Morgan fingerprint density at radius 1 is 0.966 bits per heavy atom. The first-order valence-electron chi connectivity index (χ1n) is 9.56. The minimum Gasteiger partial charge on any atom is -0.506 e. The zero-order valence-corrected chi connectivity index (χ0v) is 16.3. The van der Waals surface area contributed by atoms with Crippen LogP contribution in [-0.2, 0) is 11.2 Å². The second-order valence-electron chi connectivity index (χ2n) is 6.55. The summed E-state index contributed by atoms with van der Waals surface area (Å²) < 4.78 is 5.65. The fourth-order valence-corrected chi connectivity index (χ4v) is 3.07. The number of aromatic hydroxyl groups is 1. The lowest BCUT2D eigenvalue weighted by molar-refractivity contribution is -0.122. The summed E-state index contributed by atoms with van der Waals surface area (Å²) in [6.07, 6.45) is 0.682. The molecule has 0 saturated heterocycles. The predicted octanol–water partition coefficient (Wildman–Crippen LogP) is 3.03. The fourth-order valence-electron chi connectivity index (χ4n) is 3.07. The Kier molecular flexibility index (Phi) is 6.68.